The lowest BCUT2D eigenvalue weighted by molar-refractivity contribution is -0.146. The maximum absolute atomic E-state index is 10.7. The summed E-state index contributed by atoms with van der Waals surface area (Å²) in [5, 5.41) is 19.3. The molecular weight excluding hydrogens is 295 g/mol. The molecule has 0 radical (unpaired) electrons. The minimum atomic E-state index is -1.56. The van der Waals surface area contributed by atoms with Crippen LogP contribution in [0.4, 0.5) is 0 Å². The molecule has 1 unspecified atom stereocenters. The second-order valence-corrected chi connectivity index (χ2v) is 4.52. The van der Waals surface area contributed by atoms with Crippen molar-refractivity contribution in [2.24, 2.45) is 0 Å². The molecule has 0 saturated carbocycles. The Morgan fingerprint density at radius 3 is 2.75 bits per heavy atom. The number of hydrogen-bond donors (Lipinski definition) is 2. The van der Waals surface area contributed by atoms with Crippen LogP contribution in [0, 0.1) is 0 Å². The highest BCUT2D eigenvalue weighted by Crippen LogP contribution is 2.27. The first-order valence-electron chi connectivity index (χ1n) is 4.82. The van der Waals surface area contributed by atoms with E-state index in [1.165, 1.54) is 6.07 Å². The Balaban J connectivity index is 2.98. The molecule has 1 aromatic carbocycles. The van der Waals surface area contributed by atoms with Gasteiger partial charge in [-0.15, -0.1) is 0 Å². The van der Waals surface area contributed by atoms with Gasteiger partial charge in [-0.2, -0.15) is 0 Å². The predicted octanol–water partition coefficient (Wildman–Crippen LogP) is 2.79. The van der Waals surface area contributed by atoms with Crippen LogP contribution in [0.15, 0.2) is 18.2 Å². The molecule has 0 spiro atoms. The second-order valence-electron chi connectivity index (χ2n) is 3.35. The molecule has 0 saturated heterocycles. The van der Waals surface area contributed by atoms with Gasteiger partial charge >= 0.3 is 5.97 Å². The number of carboxylic acid groups (broad SMARTS) is 1. The maximum atomic E-state index is 10.7. The zero-order chi connectivity index (χ0) is 12.1. The SMILES string of the molecule is O=C(O)C(O)c1cccc(CCCBr)c1Cl. The zero-order valence-corrected chi connectivity index (χ0v) is 10.8. The molecule has 0 aliphatic rings. The number of aliphatic hydroxyl groups excluding tert-OH is 1. The fraction of sp³-hybridized carbons (Fsp3) is 0.364. The van der Waals surface area contributed by atoms with E-state index in [-0.39, 0.29) is 5.56 Å². The summed E-state index contributed by atoms with van der Waals surface area (Å²) in [7, 11) is 0. The third-order valence-corrected chi connectivity index (χ3v) is 3.24. The summed E-state index contributed by atoms with van der Waals surface area (Å²) in [5.74, 6) is -1.29. The van der Waals surface area contributed by atoms with E-state index in [0.29, 0.717) is 5.02 Å². The van der Waals surface area contributed by atoms with Crippen molar-refractivity contribution in [3.63, 3.8) is 0 Å². The van der Waals surface area contributed by atoms with E-state index in [0.717, 1.165) is 23.7 Å². The van der Waals surface area contributed by atoms with Crippen LogP contribution in [-0.2, 0) is 11.2 Å². The number of aliphatic hydroxyl groups is 1. The number of aliphatic carboxylic acids is 1. The molecule has 0 amide bonds. The van der Waals surface area contributed by atoms with Crippen LogP contribution < -0.4 is 0 Å². The number of alkyl halides is 1. The fourth-order valence-corrected chi connectivity index (χ4v) is 2.00. The number of carboxylic acids is 1. The molecule has 0 bridgehead atoms. The van der Waals surface area contributed by atoms with E-state index < -0.39 is 12.1 Å². The molecule has 1 atom stereocenters. The summed E-state index contributed by atoms with van der Waals surface area (Å²) in [5.41, 5.74) is 1.11. The predicted molar refractivity (Wildman–Crippen MR) is 66.2 cm³/mol. The molecule has 0 fully saturated rings. The van der Waals surface area contributed by atoms with Crippen LogP contribution in [0.5, 0.6) is 0 Å². The Morgan fingerprint density at radius 1 is 1.50 bits per heavy atom. The highest BCUT2D eigenvalue weighted by molar-refractivity contribution is 9.09. The van der Waals surface area contributed by atoms with Crippen LogP contribution in [0.1, 0.15) is 23.7 Å². The molecule has 5 heteroatoms. The van der Waals surface area contributed by atoms with E-state index in [2.05, 4.69) is 15.9 Å². The summed E-state index contributed by atoms with van der Waals surface area (Å²) < 4.78 is 0. The summed E-state index contributed by atoms with van der Waals surface area (Å²) in [6.45, 7) is 0. The summed E-state index contributed by atoms with van der Waals surface area (Å²) in [4.78, 5) is 10.7. The molecule has 1 aromatic rings. The van der Waals surface area contributed by atoms with Crippen molar-refractivity contribution in [1.29, 1.82) is 0 Å². The van der Waals surface area contributed by atoms with Gasteiger partial charge in [-0.25, -0.2) is 4.79 Å². The highest BCUT2D eigenvalue weighted by atomic mass is 79.9. The Bertz CT molecular complexity index is 381. The summed E-state index contributed by atoms with van der Waals surface area (Å²) in [6.07, 6.45) is 0.104. The second kappa shape index (κ2) is 6.23. The topological polar surface area (TPSA) is 57.5 Å². The quantitative estimate of drug-likeness (QED) is 0.822. The molecule has 16 heavy (non-hydrogen) atoms. The van der Waals surface area contributed by atoms with Gasteiger partial charge < -0.3 is 10.2 Å². The van der Waals surface area contributed by atoms with E-state index >= 15 is 0 Å². The smallest absolute Gasteiger partial charge is 0.337 e. The molecule has 2 N–H and O–H groups in total. The van der Waals surface area contributed by atoms with Gasteiger partial charge in [0.15, 0.2) is 6.10 Å². The number of hydrogen-bond acceptors (Lipinski definition) is 2. The van der Waals surface area contributed by atoms with Gasteiger partial charge in [0.2, 0.25) is 0 Å². The van der Waals surface area contributed by atoms with Crippen molar-refractivity contribution >= 4 is 33.5 Å². The molecule has 3 nitrogen and oxygen atoms in total. The molecule has 0 aliphatic carbocycles. The van der Waals surface area contributed by atoms with Crippen molar-refractivity contribution in [3.8, 4) is 0 Å². The lowest BCUT2D eigenvalue weighted by Gasteiger charge is -2.11. The van der Waals surface area contributed by atoms with Crippen molar-refractivity contribution in [1.82, 2.24) is 0 Å². The van der Waals surface area contributed by atoms with E-state index in [9.17, 15) is 9.90 Å². The van der Waals surface area contributed by atoms with E-state index in [1.54, 1.807) is 6.07 Å². The Hall–Kier alpha value is -0.580. The number of benzene rings is 1. The monoisotopic (exact) mass is 306 g/mol. The molecule has 0 aliphatic heterocycles. The van der Waals surface area contributed by atoms with Gasteiger partial charge in [0.25, 0.3) is 0 Å². The molecule has 0 heterocycles. The Kier molecular flexibility index (Phi) is 5.25. The van der Waals surface area contributed by atoms with Crippen LogP contribution in [0.2, 0.25) is 5.02 Å². The first kappa shape index (κ1) is 13.5. The summed E-state index contributed by atoms with van der Waals surface area (Å²) >= 11 is 9.36. The largest absolute Gasteiger partial charge is 0.479 e. The standard InChI is InChI=1S/C11H12BrClO3/c12-6-2-4-7-3-1-5-8(9(7)13)10(14)11(15)16/h1,3,5,10,14H,2,4,6H2,(H,15,16). The first-order valence-corrected chi connectivity index (χ1v) is 6.32. The Morgan fingerprint density at radius 2 is 2.19 bits per heavy atom. The van der Waals surface area contributed by atoms with Crippen molar-refractivity contribution < 1.29 is 15.0 Å². The van der Waals surface area contributed by atoms with Gasteiger partial charge in [-0.3, -0.25) is 0 Å². The molecular formula is C11H12BrClO3. The number of carbonyl (C=O) groups is 1. The van der Waals surface area contributed by atoms with Crippen molar-refractivity contribution in [2.45, 2.75) is 18.9 Å². The minimum Gasteiger partial charge on any atom is -0.479 e. The number of aryl methyl sites for hydroxylation is 1. The van der Waals surface area contributed by atoms with Gasteiger partial charge in [-0.1, -0.05) is 45.7 Å². The van der Waals surface area contributed by atoms with Crippen LogP contribution in [0.3, 0.4) is 0 Å². The number of halogens is 2. The third kappa shape index (κ3) is 3.20. The van der Waals surface area contributed by atoms with Gasteiger partial charge in [-0.05, 0) is 18.4 Å². The van der Waals surface area contributed by atoms with Crippen LogP contribution in [-0.4, -0.2) is 21.5 Å². The van der Waals surface area contributed by atoms with Crippen molar-refractivity contribution in [3.05, 3.63) is 34.3 Å². The third-order valence-electron chi connectivity index (χ3n) is 2.22. The number of rotatable bonds is 5. The normalized spacial score (nSPS) is 12.4. The minimum absolute atomic E-state index is 0.251. The van der Waals surface area contributed by atoms with Gasteiger partial charge in [0, 0.05) is 10.9 Å². The average molecular weight is 308 g/mol. The van der Waals surface area contributed by atoms with E-state index in [4.69, 9.17) is 16.7 Å². The highest BCUT2D eigenvalue weighted by Gasteiger charge is 2.20. The van der Waals surface area contributed by atoms with E-state index in [1.807, 2.05) is 6.07 Å². The van der Waals surface area contributed by atoms with Crippen molar-refractivity contribution in [2.75, 3.05) is 5.33 Å². The molecule has 0 aromatic heterocycles. The van der Waals surface area contributed by atoms with Gasteiger partial charge in [0.05, 0.1) is 5.02 Å². The first-order chi connectivity index (χ1) is 7.57. The zero-order valence-electron chi connectivity index (χ0n) is 8.49. The van der Waals surface area contributed by atoms with Crippen LogP contribution in [0.25, 0.3) is 0 Å². The average Bonchev–Trinajstić information content (AvgIpc) is 2.26. The Labute approximate surface area is 107 Å². The summed E-state index contributed by atoms with van der Waals surface area (Å²) in [6, 6.07) is 5.07. The molecule has 88 valence electrons. The van der Waals surface area contributed by atoms with Gasteiger partial charge in [0.1, 0.15) is 0 Å². The lowest BCUT2D eigenvalue weighted by Crippen LogP contribution is -2.11. The lowest BCUT2D eigenvalue weighted by atomic mass is 10.0. The van der Waals surface area contributed by atoms with Crippen LogP contribution >= 0.6 is 27.5 Å². The maximum Gasteiger partial charge on any atom is 0.337 e. The molecule has 1 rings (SSSR count). The fourth-order valence-electron chi connectivity index (χ4n) is 1.39.